The van der Waals surface area contributed by atoms with Gasteiger partial charge in [0, 0.05) is 12.2 Å². The fraction of sp³-hybridized carbons (Fsp3) is 0.500. The Bertz CT molecular complexity index is 970. The van der Waals surface area contributed by atoms with Crippen LogP contribution < -0.4 is 14.2 Å². The predicted octanol–water partition coefficient (Wildman–Crippen LogP) is 4.25. The monoisotopic (exact) mass is 500 g/mol. The molecule has 0 unspecified atom stereocenters. The summed E-state index contributed by atoms with van der Waals surface area (Å²) < 4.78 is 27.1. The number of carbonyl (C=O) groups is 2. The molecule has 36 heavy (non-hydrogen) atoms. The minimum absolute atomic E-state index is 0.0377. The molecule has 1 aromatic rings. The lowest BCUT2D eigenvalue weighted by Crippen LogP contribution is -2.22. The molecule has 1 aliphatic carbocycles. The fourth-order valence-corrected chi connectivity index (χ4v) is 4.74. The molecule has 0 spiro atoms. The Kier molecular flexibility index (Phi) is 9.99. The van der Waals surface area contributed by atoms with Crippen LogP contribution in [0, 0.1) is 11.8 Å². The molecule has 0 saturated heterocycles. The Morgan fingerprint density at radius 3 is 2.47 bits per heavy atom. The van der Waals surface area contributed by atoms with Crippen LogP contribution in [-0.4, -0.2) is 56.7 Å². The molecule has 0 bridgehead atoms. The fourth-order valence-electron chi connectivity index (χ4n) is 4.74. The predicted molar refractivity (Wildman–Crippen MR) is 135 cm³/mol. The van der Waals surface area contributed by atoms with Gasteiger partial charge in [0.05, 0.1) is 33.5 Å². The smallest absolute Gasteiger partial charge is 0.331 e. The molecule has 0 radical (unpaired) electrons. The van der Waals surface area contributed by atoms with E-state index in [2.05, 4.69) is 12.2 Å². The number of carbonyl (C=O) groups excluding carboxylic acids is 2. The third-order valence-electron chi connectivity index (χ3n) is 6.55. The Morgan fingerprint density at radius 1 is 1.08 bits per heavy atom. The summed E-state index contributed by atoms with van der Waals surface area (Å²) in [4.78, 5) is 24.6. The standard InChI is InChI=1S/C28H36O8/c1-18-8-6-5-7-9-20-16-21(17-22(20)23(29)11-13-26(30)35-18)36-27(31)12-10-19-14-24(32-2)28(34-4)25(15-19)33-3/h7,9-15,18,20-23,29H,5-6,8,16-17H2,1-4H3/b9-7+,12-10+,13-11?/t18-,20+,21-,22+,23+/m0/s1. The first kappa shape index (κ1) is 27.3. The van der Waals surface area contributed by atoms with Gasteiger partial charge in [0.15, 0.2) is 11.5 Å². The van der Waals surface area contributed by atoms with Gasteiger partial charge in [0.1, 0.15) is 6.10 Å². The summed E-state index contributed by atoms with van der Waals surface area (Å²) >= 11 is 0. The third kappa shape index (κ3) is 7.37. The van der Waals surface area contributed by atoms with E-state index < -0.39 is 18.0 Å². The number of hydrogen-bond acceptors (Lipinski definition) is 8. The van der Waals surface area contributed by atoms with E-state index >= 15 is 0 Å². The van der Waals surface area contributed by atoms with E-state index in [4.69, 9.17) is 23.7 Å². The molecule has 8 heteroatoms. The van der Waals surface area contributed by atoms with Gasteiger partial charge in [0.25, 0.3) is 0 Å². The SMILES string of the molecule is COc1cc(/C=C/C(=O)O[C@@H]2C[C@H]3[C@H](O)C=CC(=O)O[C@@H](C)CCC/C=C/[C@@H]3C2)cc(OC)c1OC. The van der Waals surface area contributed by atoms with Gasteiger partial charge < -0.3 is 28.8 Å². The summed E-state index contributed by atoms with van der Waals surface area (Å²) in [6.07, 6.45) is 12.3. The van der Waals surface area contributed by atoms with Crippen LogP contribution in [0.3, 0.4) is 0 Å². The summed E-state index contributed by atoms with van der Waals surface area (Å²) in [5.74, 6) is 0.377. The summed E-state index contributed by atoms with van der Waals surface area (Å²) in [5, 5.41) is 10.7. The molecule has 5 atom stereocenters. The summed E-state index contributed by atoms with van der Waals surface area (Å²) in [5.41, 5.74) is 0.690. The van der Waals surface area contributed by atoms with Gasteiger partial charge >= 0.3 is 11.9 Å². The lowest BCUT2D eigenvalue weighted by molar-refractivity contribution is -0.143. The molecule has 0 amide bonds. The minimum atomic E-state index is -0.846. The van der Waals surface area contributed by atoms with Crippen LogP contribution in [-0.2, 0) is 19.1 Å². The maximum Gasteiger partial charge on any atom is 0.331 e. The average molecular weight is 501 g/mol. The van der Waals surface area contributed by atoms with E-state index in [1.165, 1.54) is 39.6 Å². The number of aliphatic hydroxyl groups is 1. The average Bonchev–Trinajstić information content (AvgIpc) is 3.26. The zero-order valence-electron chi connectivity index (χ0n) is 21.3. The Hall–Kier alpha value is -3.26. The van der Waals surface area contributed by atoms with Crippen molar-refractivity contribution in [1.82, 2.24) is 0 Å². The maximum atomic E-state index is 12.6. The largest absolute Gasteiger partial charge is 0.493 e. The van der Waals surface area contributed by atoms with Crippen molar-refractivity contribution in [3.63, 3.8) is 0 Å². The number of rotatable bonds is 6. The van der Waals surface area contributed by atoms with Gasteiger partial charge in [0.2, 0.25) is 5.75 Å². The van der Waals surface area contributed by atoms with E-state index in [0.29, 0.717) is 35.7 Å². The summed E-state index contributed by atoms with van der Waals surface area (Å²) in [6.45, 7) is 1.87. The van der Waals surface area contributed by atoms with Gasteiger partial charge in [-0.1, -0.05) is 12.2 Å². The first-order valence-electron chi connectivity index (χ1n) is 12.3. The molecular weight excluding hydrogens is 464 g/mol. The molecule has 1 saturated carbocycles. The van der Waals surface area contributed by atoms with Gasteiger partial charge in [-0.05, 0) is 80.7 Å². The number of ether oxygens (including phenoxy) is 5. The topological polar surface area (TPSA) is 101 Å². The molecule has 3 rings (SSSR count). The quantitative estimate of drug-likeness (QED) is 0.352. The van der Waals surface area contributed by atoms with Crippen LogP contribution in [0.2, 0.25) is 0 Å². The highest BCUT2D eigenvalue weighted by Gasteiger charge is 2.38. The lowest BCUT2D eigenvalue weighted by Gasteiger charge is -2.19. The molecule has 2 aliphatic rings. The number of benzene rings is 1. The van der Waals surface area contributed by atoms with Crippen molar-refractivity contribution in [3.05, 3.63) is 48.1 Å². The molecule has 8 nitrogen and oxygen atoms in total. The lowest BCUT2D eigenvalue weighted by atomic mass is 9.90. The first-order valence-corrected chi connectivity index (χ1v) is 12.3. The molecule has 1 heterocycles. The van der Waals surface area contributed by atoms with Crippen LogP contribution in [0.15, 0.2) is 42.5 Å². The number of fused-ring (bicyclic) bond motifs is 1. The van der Waals surface area contributed by atoms with Crippen molar-refractivity contribution >= 4 is 18.0 Å². The number of methoxy groups -OCH3 is 3. The Balaban J connectivity index is 1.67. The van der Waals surface area contributed by atoms with Crippen molar-refractivity contribution in [2.45, 2.75) is 57.3 Å². The van der Waals surface area contributed by atoms with Gasteiger partial charge in [-0.15, -0.1) is 0 Å². The highest BCUT2D eigenvalue weighted by atomic mass is 16.5. The van der Waals surface area contributed by atoms with Crippen LogP contribution in [0.5, 0.6) is 17.2 Å². The van der Waals surface area contributed by atoms with E-state index in [1.54, 1.807) is 18.2 Å². The molecule has 1 N–H and O–H groups in total. The second kappa shape index (κ2) is 13.2. The number of aliphatic hydroxyl groups excluding tert-OH is 1. The van der Waals surface area contributed by atoms with Crippen LogP contribution >= 0.6 is 0 Å². The van der Waals surface area contributed by atoms with Gasteiger partial charge in [-0.3, -0.25) is 0 Å². The highest BCUT2D eigenvalue weighted by molar-refractivity contribution is 5.87. The normalized spacial score (nSPS) is 27.7. The van der Waals surface area contributed by atoms with Crippen LogP contribution in [0.1, 0.15) is 44.6 Å². The number of esters is 2. The second-order valence-electron chi connectivity index (χ2n) is 9.11. The van der Waals surface area contributed by atoms with Crippen LogP contribution in [0.25, 0.3) is 6.08 Å². The Labute approximate surface area is 212 Å². The van der Waals surface area contributed by atoms with Crippen molar-refractivity contribution in [3.8, 4) is 17.2 Å². The molecule has 0 aromatic heterocycles. The zero-order chi connectivity index (χ0) is 26.1. The number of cyclic esters (lactones) is 1. The highest BCUT2D eigenvalue weighted by Crippen LogP contribution is 2.39. The molecule has 1 aromatic carbocycles. The van der Waals surface area contributed by atoms with E-state index in [-0.39, 0.29) is 24.0 Å². The Morgan fingerprint density at radius 2 is 1.81 bits per heavy atom. The molecule has 1 aliphatic heterocycles. The van der Waals surface area contributed by atoms with E-state index in [9.17, 15) is 14.7 Å². The molecule has 1 fully saturated rings. The summed E-state index contributed by atoms with van der Waals surface area (Å²) in [7, 11) is 4.58. The van der Waals surface area contributed by atoms with Crippen molar-refractivity contribution < 1.29 is 38.4 Å². The second-order valence-corrected chi connectivity index (χ2v) is 9.11. The van der Waals surface area contributed by atoms with E-state index in [1.807, 2.05) is 6.92 Å². The minimum Gasteiger partial charge on any atom is -0.493 e. The van der Waals surface area contributed by atoms with Crippen molar-refractivity contribution in [1.29, 1.82) is 0 Å². The number of allylic oxidation sites excluding steroid dienone is 2. The van der Waals surface area contributed by atoms with Gasteiger partial charge in [-0.2, -0.15) is 0 Å². The summed E-state index contributed by atoms with van der Waals surface area (Å²) in [6, 6.07) is 3.47. The van der Waals surface area contributed by atoms with Crippen molar-refractivity contribution in [2.24, 2.45) is 11.8 Å². The van der Waals surface area contributed by atoms with Gasteiger partial charge in [-0.25, -0.2) is 9.59 Å². The molecular formula is C28H36O8. The van der Waals surface area contributed by atoms with Crippen molar-refractivity contribution in [2.75, 3.05) is 21.3 Å². The third-order valence-corrected chi connectivity index (χ3v) is 6.55. The maximum absolute atomic E-state index is 12.6. The van der Waals surface area contributed by atoms with Crippen LogP contribution in [0.4, 0.5) is 0 Å². The van der Waals surface area contributed by atoms with E-state index in [0.717, 1.165) is 19.3 Å². The zero-order valence-corrected chi connectivity index (χ0v) is 21.3. The molecule has 196 valence electrons. The number of hydrogen-bond donors (Lipinski definition) is 1. The first-order chi connectivity index (χ1) is 17.3.